The minimum Gasteiger partial charge on any atom is -0.456 e. The van der Waals surface area contributed by atoms with Gasteiger partial charge in [0.25, 0.3) is 0 Å². The van der Waals surface area contributed by atoms with E-state index < -0.39 is 24.2 Å². The van der Waals surface area contributed by atoms with Gasteiger partial charge in [-0.25, -0.2) is 0 Å². The van der Waals surface area contributed by atoms with E-state index in [0.29, 0.717) is 22.5 Å². The van der Waals surface area contributed by atoms with Crippen LogP contribution in [0, 0.1) is 0 Å². The topological polar surface area (TPSA) is 29.5 Å². The molecule has 7 aromatic carbocycles. The van der Waals surface area contributed by atoms with E-state index in [-0.39, 0.29) is 45.8 Å². The molecule has 0 saturated heterocycles. The van der Waals surface area contributed by atoms with Crippen LogP contribution in [0.4, 0.5) is 17.1 Å². The molecule has 3 nitrogen and oxygen atoms in total. The van der Waals surface area contributed by atoms with E-state index >= 15 is 0 Å². The number of fused-ring (bicyclic) bond motifs is 8. The summed E-state index contributed by atoms with van der Waals surface area (Å²) in [7, 11) is 0. The van der Waals surface area contributed by atoms with Gasteiger partial charge < -0.3 is 13.7 Å². The van der Waals surface area contributed by atoms with Crippen LogP contribution < -0.4 is 4.90 Å². The van der Waals surface area contributed by atoms with Gasteiger partial charge in [0.2, 0.25) is 0 Å². The largest absolute Gasteiger partial charge is 0.456 e. The van der Waals surface area contributed by atoms with Crippen molar-refractivity contribution < 1.29 is 18.4 Å². The number of nitrogens with zero attached hydrogens (tertiary/aromatic N) is 1. The smallest absolute Gasteiger partial charge is 0.143 e. The van der Waals surface area contributed by atoms with Gasteiger partial charge in [0.05, 0.1) is 31.7 Å². The molecule has 0 aliphatic carbocycles. The summed E-state index contributed by atoms with van der Waals surface area (Å²) in [5.74, 6) is 0. The fourth-order valence-corrected chi connectivity index (χ4v) is 6.06. The maximum atomic E-state index is 9.39. The second-order valence-corrected chi connectivity index (χ2v) is 10.4. The normalized spacial score (nSPS) is 14.0. The van der Waals surface area contributed by atoms with Crippen LogP contribution in [0.25, 0.3) is 65.8 Å². The Balaban J connectivity index is 1.44. The lowest BCUT2D eigenvalue weighted by Gasteiger charge is -2.27. The van der Waals surface area contributed by atoms with Gasteiger partial charge >= 0.3 is 0 Å². The summed E-state index contributed by atoms with van der Waals surface area (Å²) in [6, 6.07) is 32.6. The molecule has 202 valence electrons. The third-order valence-electron chi connectivity index (χ3n) is 7.99. The molecule has 0 atom stereocenters. The van der Waals surface area contributed by atoms with E-state index in [2.05, 4.69) is 0 Å². The molecule has 0 aliphatic heterocycles. The Bertz CT molecular complexity index is 2840. The highest BCUT2D eigenvalue weighted by Gasteiger charge is 2.23. The van der Waals surface area contributed by atoms with E-state index in [1.165, 1.54) is 0 Å². The van der Waals surface area contributed by atoms with Crippen molar-refractivity contribution >= 4 is 71.7 Å². The summed E-state index contributed by atoms with van der Waals surface area (Å²) < 4.78 is 74.0. The third kappa shape index (κ3) is 3.68. The van der Waals surface area contributed by atoms with Crippen molar-refractivity contribution in [2.75, 3.05) is 4.90 Å². The average molecular weight is 559 g/mol. The Hall–Kier alpha value is -5.80. The summed E-state index contributed by atoms with van der Waals surface area (Å²) in [5, 5.41) is 3.75. The summed E-state index contributed by atoms with van der Waals surface area (Å²) in [6.45, 7) is 0. The molecule has 0 aliphatic rings. The summed E-state index contributed by atoms with van der Waals surface area (Å²) >= 11 is 0. The molecule has 0 radical (unpaired) electrons. The van der Waals surface area contributed by atoms with Crippen LogP contribution >= 0.6 is 0 Å². The average Bonchev–Trinajstić information content (AvgIpc) is 3.75. The van der Waals surface area contributed by atoms with Gasteiger partial charge in [-0.15, -0.1) is 0 Å². The summed E-state index contributed by atoms with van der Waals surface area (Å²) in [5.41, 5.74) is 4.45. The Morgan fingerprint density at radius 1 is 0.465 bits per heavy atom. The number of furan rings is 2. The monoisotopic (exact) mass is 558 g/mol. The number of rotatable bonds is 4. The van der Waals surface area contributed by atoms with Crippen LogP contribution in [0.1, 0.15) is 9.60 Å². The van der Waals surface area contributed by atoms with Crippen LogP contribution in [0.2, 0.25) is 0 Å². The van der Waals surface area contributed by atoms with Gasteiger partial charge in [-0.3, -0.25) is 0 Å². The van der Waals surface area contributed by atoms with Crippen molar-refractivity contribution in [3.05, 3.63) is 151 Å². The van der Waals surface area contributed by atoms with E-state index in [1.54, 1.807) is 0 Å². The molecule has 0 unspecified atom stereocenters. The van der Waals surface area contributed by atoms with Crippen LogP contribution in [0.15, 0.2) is 160 Å². The van der Waals surface area contributed by atoms with E-state index in [4.69, 9.17) is 17.1 Å². The molecule has 0 spiro atoms. The molecule has 2 heterocycles. The van der Waals surface area contributed by atoms with Crippen molar-refractivity contribution in [2.45, 2.75) is 0 Å². The van der Waals surface area contributed by atoms with Gasteiger partial charge in [0.1, 0.15) is 22.3 Å². The maximum Gasteiger partial charge on any atom is 0.143 e. The molecular weight excluding hydrogens is 526 g/mol. The minimum absolute atomic E-state index is 0.0455. The molecule has 0 fully saturated rings. The van der Waals surface area contributed by atoms with Crippen molar-refractivity contribution in [1.82, 2.24) is 0 Å². The molecule has 0 amide bonds. The van der Waals surface area contributed by atoms with Gasteiger partial charge in [-0.2, -0.15) is 0 Å². The van der Waals surface area contributed by atoms with Crippen LogP contribution in [0.5, 0.6) is 0 Å². The van der Waals surface area contributed by atoms with E-state index in [0.717, 1.165) is 32.7 Å². The highest BCUT2D eigenvalue weighted by molar-refractivity contribution is 6.21. The second-order valence-electron chi connectivity index (χ2n) is 10.4. The van der Waals surface area contributed by atoms with Gasteiger partial charge in [-0.05, 0) is 65.0 Å². The number of hydrogen-bond donors (Lipinski definition) is 0. The zero-order valence-corrected chi connectivity index (χ0v) is 22.7. The van der Waals surface area contributed by atoms with Crippen molar-refractivity contribution in [2.24, 2.45) is 0 Å². The number of hydrogen-bond acceptors (Lipinski definition) is 3. The summed E-state index contributed by atoms with van der Waals surface area (Å²) in [4.78, 5) is 1.82. The highest BCUT2D eigenvalue weighted by atomic mass is 16.3. The Morgan fingerprint density at radius 2 is 1.23 bits per heavy atom. The van der Waals surface area contributed by atoms with Crippen LogP contribution in [0.3, 0.4) is 0 Å². The van der Waals surface area contributed by atoms with Gasteiger partial charge in [0, 0.05) is 21.8 Å². The number of para-hydroxylation sites is 1. The van der Waals surface area contributed by atoms with Crippen molar-refractivity contribution in [3.8, 4) is 11.1 Å². The van der Waals surface area contributed by atoms with Crippen LogP contribution in [-0.4, -0.2) is 0 Å². The zero-order valence-electron chi connectivity index (χ0n) is 29.7. The Kier molecular flexibility index (Phi) is 3.90. The lowest BCUT2D eigenvalue weighted by Crippen LogP contribution is -2.10. The fourth-order valence-electron chi connectivity index (χ4n) is 6.06. The molecule has 0 bridgehead atoms. The lowest BCUT2D eigenvalue weighted by atomic mass is 10.0. The molecule has 9 rings (SSSR count). The maximum absolute atomic E-state index is 9.39. The molecule has 2 aromatic heterocycles. The molecular formula is C40H25NO2. The molecule has 0 saturated carbocycles. The van der Waals surface area contributed by atoms with Crippen LogP contribution in [-0.2, 0) is 0 Å². The third-order valence-corrected chi connectivity index (χ3v) is 7.99. The first-order valence-corrected chi connectivity index (χ1v) is 14.0. The first-order valence-electron chi connectivity index (χ1n) is 17.5. The standard InChI is InChI=1S/C40H25NO2/c1-2-10-26(11-3-1)27-20-23-29(24-21-27)41(33-15-8-18-36-38(33)31-14-6-7-17-35(31)42-36)34-16-9-19-37-39(34)32-25-22-28-12-4-5-13-30(28)40(32)43-37/h1-25H/i6D,7D,8D,14D,15D,17D,18D. The number of benzene rings is 7. The lowest BCUT2D eigenvalue weighted by molar-refractivity contribution is 0.669. The molecule has 3 heteroatoms. The Labute approximate surface area is 257 Å². The molecule has 0 N–H and O–H groups in total. The first-order chi connectivity index (χ1) is 24.2. The predicted molar refractivity (Wildman–Crippen MR) is 179 cm³/mol. The Morgan fingerprint density at radius 3 is 2.14 bits per heavy atom. The predicted octanol–water partition coefficient (Wildman–Crippen LogP) is 11.8. The first kappa shape index (κ1) is 17.9. The fraction of sp³-hybridized carbons (Fsp3) is 0. The molecule has 9 aromatic rings. The SMILES string of the molecule is [2H]c1c([2H])c([2H])c2c(oc3c([2H])c([2H])c([2H])c(N(c4ccc(-c5ccccc5)cc4)c4cccc5oc6c7ccccc7ccc6c45)c32)c1[2H]. The van der Waals surface area contributed by atoms with Gasteiger partial charge in [0.15, 0.2) is 0 Å². The number of anilines is 3. The summed E-state index contributed by atoms with van der Waals surface area (Å²) in [6.07, 6.45) is 0. The quantitative estimate of drug-likeness (QED) is 0.215. The zero-order chi connectivity index (χ0) is 34.4. The van der Waals surface area contributed by atoms with Gasteiger partial charge in [-0.1, -0.05) is 103 Å². The second kappa shape index (κ2) is 9.37. The van der Waals surface area contributed by atoms with E-state index in [1.807, 2.05) is 114 Å². The van der Waals surface area contributed by atoms with Crippen molar-refractivity contribution in [3.63, 3.8) is 0 Å². The minimum atomic E-state index is -0.470. The van der Waals surface area contributed by atoms with Crippen molar-refractivity contribution in [1.29, 1.82) is 0 Å². The molecule has 43 heavy (non-hydrogen) atoms. The highest BCUT2D eigenvalue weighted by Crippen LogP contribution is 2.47. The van der Waals surface area contributed by atoms with E-state index in [9.17, 15) is 1.37 Å².